The fraction of sp³-hybridized carbons (Fsp3) is 0.222. The average Bonchev–Trinajstić information content (AvgIpc) is 2.58. The monoisotopic (exact) mass is 392 g/mol. The number of rotatable bonds is 6. The highest BCUT2D eigenvalue weighted by Crippen LogP contribution is 2.12. The van der Waals surface area contributed by atoms with Gasteiger partial charge in [-0.15, -0.1) is 0 Å². The van der Waals surface area contributed by atoms with Gasteiger partial charge in [-0.1, -0.05) is 40.2 Å². The smallest absolute Gasteiger partial charge is 0.272 e. The first kappa shape index (κ1) is 18.1. The van der Waals surface area contributed by atoms with Gasteiger partial charge in [0.2, 0.25) is 5.91 Å². The van der Waals surface area contributed by atoms with E-state index in [-0.39, 0.29) is 11.5 Å². The van der Waals surface area contributed by atoms with Gasteiger partial charge >= 0.3 is 0 Å². The van der Waals surface area contributed by atoms with E-state index in [9.17, 15) is 14.0 Å². The minimum Gasteiger partial charge on any atom is -0.273 e. The Bertz CT molecular complexity index is 704. The standard InChI is InChI=1S/C18H18BrFN2O2/c19-14-11-9-13(10-12-14)5-1-4-8-17(23)21-22-18(24)15-6-2-3-7-16(15)20/h2-3,6-7,9-12H,1,4-5,8H2,(H,21,23)(H,22,24). The molecule has 0 aliphatic heterocycles. The third kappa shape index (κ3) is 5.77. The topological polar surface area (TPSA) is 58.2 Å². The summed E-state index contributed by atoms with van der Waals surface area (Å²) in [6, 6.07) is 13.7. The number of benzene rings is 2. The van der Waals surface area contributed by atoms with Crippen molar-refractivity contribution in [3.05, 3.63) is 69.9 Å². The normalized spacial score (nSPS) is 10.2. The third-order valence-electron chi connectivity index (χ3n) is 3.47. The molecule has 0 saturated heterocycles. The number of carbonyl (C=O) groups excluding carboxylic acids is 2. The first-order valence-electron chi connectivity index (χ1n) is 7.64. The Balaban J connectivity index is 1.65. The number of nitrogens with one attached hydrogen (secondary N) is 2. The maximum Gasteiger partial charge on any atom is 0.272 e. The van der Waals surface area contributed by atoms with Crippen LogP contribution in [-0.2, 0) is 11.2 Å². The zero-order valence-electron chi connectivity index (χ0n) is 13.0. The van der Waals surface area contributed by atoms with Gasteiger partial charge in [0.25, 0.3) is 5.91 Å². The minimum atomic E-state index is -0.670. The summed E-state index contributed by atoms with van der Waals surface area (Å²) in [5.74, 6) is -1.59. The van der Waals surface area contributed by atoms with E-state index in [0.29, 0.717) is 12.8 Å². The van der Waals surface area contributed by atoms with Gasteiger partial charge in [0.1, 0.15) is 5.82 Å². The Morgan fingerprint density at radius 3 is 2.38 bits per heavy atom. The molecule has 0 bridgehead atoms. The van der Waals surface area contributed by atoms with Crippen molar-refractivity contribution in [2.24, 2.45) is 0 Å². The van der Waals surface area contributed by atoms with Gasteiger partial charge in [0.15, 0.2) is 0 Å². The van der Waals surface area contributed by atoms with Gasteiger partial charge in [-0.25, -0.2) is 4.39 Å². The summed E-state index contributed by atoms with van der Waals surface area (Å²) >= 11 is 3.39. The molecule has 0 aliphatic carbocycles. The Labute approximate surface area is 148 Å². The number of carbonyl (C=O) groups is 2. The van der Waals surface area contributed by atoms with Crippen LogP contribution < -0.4 is 10.9 Å². The molecule has 0 spiro atoms. The van der Waals surface area contributed by atoms with Crippen molar-refractivity contribution in [2.75, 3.05) is 0 Å². The van der Waals surface area contributed by atoms with E-state index in [4.69, 9.17) is 0 Å². The Morgan fingerprint density at radius 2 is 1.67 bits per heavy atom. The lowest BCUT2D eigenvalue weighted by molar-refractivity contribution is -0.121. The van der Waals surface area contributed by atoms with Crippen LogP contribution in [0.15, 0.2) is 53.0 Å². The molecule has 2 aromatic carbocycles. The summed E-state index contributed by atoms with van der Waals surface area (Å²) < 4.78 is 14.5. The molecule has 126 valence electrons. The maximum absolute atomic E-state index is 13.4. The molecular formula is C18H18BrFN2O2. The molecule has 0 unspecified atom stereocenters. The number of halogens is 2. The lowest BCUT2D eigenvalue weighted by Crippen LogP contribution is -2.41. The number of unbranched alkanes of at least 4 members (excludes halogenated alkanes) is 1. The largest absolute Gasteiger partial charge is 0.273 e. The van der Waals surface area contributed by atoms with Crippen LogP contribution in [0, 0.1) is 5.82 Å². The van der Waals surface area contributed by atoms with Crippen molar-refractivity contribution in [1.82, 2.24) is 10.9 Å². The van der Waals surface area contributed by atoms with Crippen molar-refractivity contribution < 1.29 is 14.0 Å². The molecule has 0 heterocycles. The maximum atomic E-state index is 13.4. The second-order valence-corrected chi connectivity index (χ2v) is 6.23. The first-order chi connectivity index (χ1) is 11.6. The summed E-state index contributed by atoms with van der Waals surface area (Å²) in [4.78, 5) is 23.4. The van der Waals surface area contributed by atoms with Crippen LogP contribution in [0.5, 0.6) is 0 Å². The van der Waals surface area contributed by atoms with E-state index < -0.39 is 11.7 Å². The second-order valence-electron chi connectivity index (χ2n) is 5.32. The minimum absolute atomic E-state index is 0.104. The van der Waals surface area contributed by atoms with Gasteiger partial charge < -0.3 is 0 Å². The van der Waals surface area contributed by atoms with Crippen LogP contribution in [0.1, 0.15) is 35.2 Å². The van der Waals surface area contributed by atoms with Crippen molar-refractivity contribution in [2.45, 2.75) is 25.7 Å². The summed E-state index contributed by atoms with van der Waals surface area (Å²) in [5, 5.41) is 0. The molecule has 6 heteroatoms. The predicted octanol–water partition coefficient (Wildman–Crippen LogP) is 3.76. The number of hydrogen-bond donors (Lipinski definition) is 2. The molecule has 0 atom stereocenters. The van der Waals surface area contributed by atoms with Gasteiger partial charge in [0.05, 0.1) is 5.56 Å². The fourth-order valence-corrected chi connectivity index (χ4v) is 2.43. The summed E-state index contributed by atoms with van der Waals surface area (Å²) in [6.45, 7) is 0. The van der Waals surface area contributed by atoms with Crippen LogP contribution in [-0.4, -0.2) is 11.8 Å². The molecule has 2 N–H and O–H groups in total. The Morgan fingerprint density at radius 1 is 0.958 bits per heavy atom. The molecule has 2 aromatic rings. The van der Waals surface area contributed by atoms with Crippen LogP contribution in [0.4, 0.5) is 4.39 Å². The van der Waals surface area contributed by atoms with Crippen LogP contribution in [0.2, 0.25) is 0 Å². The molecule has 0 aromatic heterocycles. The quantitative estimate of drug-likeness (QED) is 0.580. The third-order valence-corrected chi connectivity index (χ3v) is 4.00. The number of hydrazine groups is 1. The van der Waals surface area contributed by atoms with Gasteiger partial charge in [-0.3, -0.25) is 20.4 Å². The molecule has 4 nitrogen and oxygen atoms in total. The molecule has 2 amide bonds. The van der Waals surface area contributed by atoms with E-state index in [1.807, 2.05) is 24.3 Å². The summed E-state index contributed by atoms with van der Waals surface area (Å²) in [5.41, 5.74) is 5.63. The summed E-state index contributed by atoms with van der Waals surface area (Å²) in [7, 11) is 0. The van der Waals surface area contributed by atoms with E-state index in [2.05, 4.69) is 26.8 Å². The van der Waals surface area contributed by atoms with Crippen molar-refractivity contribution in [3.63, 3.8) is 0 Å². The van der Waals surface area contributed by atoms with Crippen LogP contribution in [0.3, 0.4) is 0 Å². The highest BCUT2D eigenvalue weighted by molar-refractivity contribution is 9.10. The van der Waals surface area contributed by atoms with Gasteiger partial charge in [0, 0.05) is 10.9 Å². The zero-order valence-corrected chi connectivity index (χ0v) is 14.6. The average molecular weight is 393 g/mol. The first-order valence-corrected chi connectivity index (χ1v) is 8.44. The number of amides is 2. The molecule has 0 aliphatic rings. The van der Waals surface area contributed by atoms with Crippen molar-refractivity contribution >= 4 is 27.7 Å². The van der Waals surface area contributed by atoms with Gasteiger partial charge in [-0.05, 0) is 49.1 Å². The molecule has 0 fully saturated rings. The van der Waals surface area contributed by atoms with E-state index in [1.165, 1.54) is 23.8 Å². The summed E-state index contributed by atoms with van der Waals surface area (Å²) in [6.07, 6.45) is 2.77. The van der Waals surface area contributed by atoms with Gasteiger partial charge in [-0.2, -0.15) is 0 Å². The van der Waals surface area contributed by atoms with E-state index in [0.717, 1.165) is 17.3 Å². The molecular weight excluding hydrogens is 375 g/mol. The van der Waals surface area contributed by atoms with Crippen LogP contribution >= 0.6 is 15.9 Å². The van der Waals surface area contributed by atoms with E-state index in [1.54, 1.807) is 6.07 Å². The highest BCUT2D eigenvalue weighted by Gasteiger charge is 2.11. The molecule has 24 heavy (non-hydrogen) atoms. The fourth-order valence-electron chi connectivity index (χ4n) is 2.17. The number of aryl methyl sites for hydroxylation is 1. The highest BCUT2D eigenvalue weighted by atomic mass is 79.9. The van der Waals surface area contributed by atoms with Crippen molar-refractivity contribution in [3.8, 4) is 0 Å². The Hall–Kier alpha value is -2.21. The zero-order chi connectivity index (χ0) is 17.4. The lowest BCUT2D eigenvalue weighted by atomic mass is 10.1. The van der Waals surface area contributed by atoms with Crippen molar-refractivity contribution in [1.29, 1.82) is 0 Å². The lowest BCUT2D eigenvalue weighted by Gasteiger charge is -2.08. The second kappa shape index (κ2) is 9.17. The molecule has 2 rings (SSSR count). The SMILES string of the molecule is O=C(CCCCc1ccc(Br)cc1)NNC(=O)c1ccccc1F. The molecule has 0 radical (unpaired) electrons. The van der Waals surface area contributed by atoms with Crippen LogP contribution in [0.25, 0.3) is 0 Å². The molecule has 0 saturated carbocycles. The predicted molar refractivity (Wildman–Crippen MR) is 93.7 cm³/mol. The van der Waals surface area contributed by atoms with E-state index >= 15 is 0 Å². The Kier molecular flexibility index (Phi) is 6.93. The number of hydrogen-bond acceptors (Lipinski definition) is 2.